The highest BCUT2D eigenvalue weighted by Gasteiger charge is 2.31. The van der Waals surface area contributed by atoms with Gasteiger partial charge in [0.25, 0.3) is 22.9 Å². The number of phenolic OH excluding ortho intramolecular Hbond substituents is 2. The number of non-ortho nitro benzene ring substituents is 2. The number of hydrogen-bond acceptors (Lipinski definition) is 17. The van der Waals surface area contributed by atoms with Gasteiger partial charge in [-0.1, -0.05) is 12.1 Å². The van der Waals surface area contributed by atoms with Crippen LogP contribution < -0.4 is 4.90 Å². The molecule has 2 N–H and O–H groups in total. The number of aryl methyl sites for hydroxylation is 1. The van der Waals surface area contributed by atoms with Crippen molar-refractivity contribution in [1.29, 1.82) is 0 Å². The normalized spacial score (nSPS) is 10.2. The van der Waals surface area contributed by atoms with Crippen LogP contribution in [0.2, 0.25) is 0 Å². The number of nitro benzene ring substituents is 6. The standard InChI is InChI=1S/C18H25N3.2C6H3N3O7/c1-16-5-4-6-18(15-16)21(14-13-20(2)3)12-9-17-7-10-19-11-8-17;2*10-6-4(8(13)14)1-3(7(11)12)2-5(6)9(15)16/h4-8,10-11,15H,9,12-14H2,1-3H3;2*1-2,10H. The summed E-state index contributed by atoms with van der Waals surface area (Å²) in [4.78, 5) is 64.3. The number of rotatable bonds is 13. The zero-order valence-electron chi connectivity index (χ0n) is 28.1. The molecule has 0 aliphatic heterocycles. The molecular weight excluding hydrogens is 710 g/mol. The molecule has 0 aliphatic rings. The summed E-state index contributed by atoms with van der Waals surface area (Å²) in [6, 6.07) is 14.7. The third kappa shape index (κ3) is 12.4. The van der Waals surface area contributed by atoms with Gasteiger partial charge in [0, 0.05) is 37.7 Å². The first-order chi connectivity index (χ1) is 24.8. The van der Waals surface area contributed by atoms with Crippen LogP contribution in [0.25, 0.3) is 0 Å². The van der Waals surface area contributed by atoms with Crippen LogP contribution in [0.4, 0.5) is 39.8 Å². The Bertz CT molecular complexity index is 1830. The molecule has 0 aliphatic carbocycles. The predicted octanol–water partition coefficient (Wildman–Crippen LogP) is 5.23. The van der Waals surface area contributed by atoms with Crippen LogP contribution in [-0.4, -0.2) is 83.4 Å². The van der Waals surface area contributed by atoms with Crippen LogP contribution in [0, 0.1) is 67.6 Å². The van der Waals surface area contributed by atoms with Crippen molar-refractivity contribution >= 4 is 39.8 Å². The topological polar surface area (TPSA) is 319 Å². The van der Waals surface area contributed by atoms with E-state index >= 15 is 0 Å². The van der Waals surface area contributed by atoms with E-state index in [1.54, 1.807) is 0 Å². The Morgan fingerprint density at radius 3 is 1.34 bits per heavy atom. The monoisotopic (exact) mass is 741 g/mol. The molecule has 0 spiro atoms. The molecule has 0 unspecified atom stereocenters. The second kappa shape index (κ2) is 19.1. The van der Waals surface area contributed by atoms with Gasteiger partial charge in [-0.2, -0.15) is 0 Å². The van der Waals surface area contributed by atoms with Gasteiger partial charge in [-0.05, 0) is 62.8 Å². The molecule has 0 amide bonds. The lowest BCUT2D eigenvalue weighted by Crippen LogP contribution is -2.33. The Labute approximate surface area is 297 Å². The number of anilines is 1. The van der Waals surface area contributed by atoms with Crippen LogP contribution in [-0.2, 0) is 6.42 Å². The molecule has 1 heterocycles. The van der Waals surface area contributed by atoms with E-state index in [2.05, 4.69) is 72.2 Å². The van der Waals surface area contributed by atoms with Crippen molar-refractivity contribution in [1.82, 2.24) is 9.88 Å². The molecule has 53 heavy (non-hydrogen) atoms. The maximum Gasteiger partial charge on any atom is 0.324 e. The SMILES string of the molecule is Cc1cccc(N(CCc2ccncc2)CCN(C)C)c1.O=[N+]([O-])c1cc([N+](=O)[O-])c(O)c([N+](=O)[O-])c1.O=[N+]([O-])c1cc([N+](=O)[O-])c(O)c([N+](=O)[O-])c1. The van der Waals surface area contributed by atoms with Gasteiger partial charge in [-0.3, -0.25) is 65.7 Å². The zero-order chi connectivity index (χ0) is 40.0. The lowest BCUT2D eigenvalue weighted by Gasteiger charge is -2.27. The summed E-state index contributed by atoms with van der Waals surface area (Å²) in [6.45, 7) is 5.28. The number of hydrogen-bond donors (Lipinski definition) is 2. The Morgan fingerprint density at radius 2 is 1.00 bits per heavy atom. The van der Waals surface area contributed by atoms with E-state index < -0.39 is 75.2 Å². The number of aromatic nitrogens is 1. The molecule has 0 fully saturated rings. The highest BCUT2D eigenvalue weighted by Crippen LogP contribution is 2.40. The molecule has 280 valence electrons. The molecular formula is C30H31N9O14. The highest BCUT2D eigenvalue weighted by molar-refractivity contribution is 5.65. The molecule has 0 radical (unpaired) electrons. The van der Waals surface area contributed by atoms with Crippen molar-refractivity contribution in [2.75, 3.05) is 38.6 Å². The molecule has 0 saturated carbocycles. The van der Waals surface area contributed by atoms with E-state index in [-0.39, 0.29) is 0 Å². The first-order valence-electron chi connectivity index (χ1n) is 14.8. The van der Waals surface area contributed by atoms with Crippen molar-refractivity contribution in [3.63, 3.8) is 0 Å². The van der Waals surface area contributed by atoms with Crippen LogP contribution >= 0.6 is 0 Å². The Morgan fingerprint density at radius 1 is 0.585 bits per heavy atom. The van der Waals surface area contributed by atoms with E-state index in [1.807, 2.05) is 12.4 Å². The fourth-order valence-corrected chi connectivity index (χ4v) is 4.28. The average Bonchev–Trinajstić information content (AvgIpc) is 3.08. The van der Waals surface area contributed by atoms with Crippen molar-refractivity contribution in [3.8, 4) is 11.5 Å². The molecule has 23 nitrogen and oxygen atoms in total. The minimum Gasteiger partial charge on any atom is -0.497 e. The summed E-state index contributed by atoms with van der Waals surface area (Å²) in [5.74, 6) is -2.42. The van der Waals surface area contributed by atoms with Crippen molar-refractivity contribution in [2.24, 2.45) is 0 Å². The van der Waals surface area contributed by atoms with Gasteiger partial charge >= 0.3 is 22.7 Å². The van der Waals surface area contributed by atoms with E-state index in [4.69, 9.17) is 10.2 Å². The third-order valence-electron chi connectivity index (χ3n) is 6.92. The van der Waals surface area contributed by atoms with Crippen LogP contribution in [0.5, 0.6) is 11.5 Å². The van der Waals surface area contributed by atoms with Gasteiger partial charge in [0.1, 0.15) is 0 Å². The summed E-state index contributed by atoms with van der Waals surface area (Å²) in [6.07, 6.45) is 4.78. The number of nitro groups is 6. The summed E-state index contributed by atoms with van der Waals surface area (Å²) in [7, 11) is 4.24. The average molecular weight is 742 g/mol. The fourth-order valence-electron chi connectivity index (χ4n) is 4.28. The van der Waals surface area contributed by atoms with Crippen LogP contribution in [0.3, 0.4) is 0 Å². The Hall–Kier alpha value is -7.43. The number of benzene rings is 3. The molecule has 0 atom stereocenters. The van der Waals surface area contributed by atoms with Gasteiger partial charge in [0.15, 0.2) is 0 Å². The first-order valence-corrected chi connectivity index (χ1v) is 14.8. The zero-order valence-corrected chi connectivity index (χ0v) is 28.1. The third-order valence-corrected chi connectivity index (χ3v) is 6.92. The van der Waals surface area contributed by atoms with Gasteiger partial charge < -0.3 is 20.0 Å². The van der Waals surface area contributed by atoms with Crippen molar-refractivity contribution in [2.45, 2.75) is 13.3 Å². The Balaban J connectivity index is 0.000000279. The minimum absolute atomic E-state index is 0.447. The number of pyridine rings is 1. The fraction of sp³-hybridized carbons (Fsp3) is 0.233. The highest BCUT2D eigenvalue weighted by atomic mass is 16.7. The minimum atomic E-state index is -1.21. The van der Waals surface area contributed by atoms with Crippen LogP contribution in [0.15, 0.2) is 73.1 Å². The number of nitrogens with zero attached hydrogens (tertiary/aromatic N) is 9. The molecule has 23 heteroatoms. The quantitative estimate of drug-likeness (QED) is 0.131. The Kier molecular flexibility index (Phi) is 15.0. The number of phenols is 2. The van der Waals surface area contributed by atoms with Crippen LogP contribution in [0.1, 0.15) is 11.1 Å². The van der Waals surface area contributed by atoms with E-state index in [1.165, 1.54) is 16.8 Å². The lowest BCUT2D eigenvalue weighted by atomic mass is 10.1. The summed E-state index contributed by atoms with van der Waals surface area (Å²) in [5.41, 5.74) is -2.04. The molecule has 4 rings (SSSR count). The first kappa shape index (κ1) is 41.7. The largest absolute Gasteiger partial charge is 0.497 e. The number of aromatic hydroxyl groups is 2. The maximum absolute atomic E-state index is 10.4. The summed E-state index contributed by atoms with van der Waals surface area (Å²) < 4.78 is 0. The van der Waals surface area contributed by atoms with E-state index in [0.29, 0.717) is 24.3 Å². The predicted molar refractivity (Wildman–Crippen MR) is 186 cm³/mol. The summed E-state index contributed by atoms with van der Waals surface area (Å²) >= 11 is 0. The van der Waals surface area contributed by atoms with Crippen molar-refractivity contribution in [3.05, 3.63) is 145 Å². The molecule has 4 aromatic rings. The molecule has 1 aromatic heterocycles. The van der Waals surface area contributed by atoms with E-state index in [9.17, 15) is 60.7 Å². The maximum atomic E-state index is 10.4. The second-order valence-electron chi connectivity index (χ2n) is 10.9. The number of likely N-dealkylation sites (N-methyl/N-ethyl adjacent to an activating group) is 1. The van der Waals surface area contributed by atoms with E-state index in [0.717, 1.165) is 26.1 Å². The van der Waals surface area contributed by atoms with Gasteiger partial charge in [-0.25, -0.2) is 0 Å². The van der Waals surface area contributed by atoms with Gasteiger partial charge in [0.05, 0.1) is 53.8 Å². The van der Waals surface area contributed by atoms with Gasteiger partial charge in [0.2, 0.25) is 0 Å². The lowest BCUT2D eigenvalue weighted by molar-refractivity contribution is -0.404. The molecule has 3 aromatic carbocycles. The van der Waals surface area contributed by atoms with Crippen molar-refractivity contribution < 1.29 is 39.8 Å². The molecule has 0 saturated heterocycles. The molecule has 0 bridgehead atoms. The second-order valence-corrected chi connectivity index (χ2v) is 10.9. The summed E-state index contributed by atoms with van der Waals surface area (Å²) in [5, 5.41) is 80.4. The smallest absolute Gasteiger partial charge is 0.324 e. The van der Waals surface area contributed by atoms with Gasteiger partial charge in [-0.15, -0.1) is 0 Å².